The summed E-state index contributed by atoms with van der Waals surface area (Å²) in [5, 5.41) is 14.9. The Kier molecular flexibility index (Phi) is 6.37. The van der Waals surface area contributed by atoms with E-state index in [0.717, 1.165) is 5.56 Å². The third kappa shape index (κ3) is 5.55. The van der Waals surface area contributed by atoms with Crippen LogP contribution in [0.2, 0.25) is 0 Å². The van der Waals surface area contributed by atoms with E-state index in [9.17, 15) is 14.7 Å². The van der Waals surface area contributed by atoms with Crippen molar-refractivity contribution in [1.82, 2.24) is 10.6 Å². The van der Waals surface area contributed by atoms with E-state index in [1.807, 2.05) is 44.2 Å². The van der Waals surface area contributed by atoms with Crippen LogP contribution in [0.5, 0.6) is 0 Å². The minimum atomic E-state index is -0.358. The maximum atomic E-state index is 11.7. The number of rotatable bonds is 7. The van der Waals surface area contributed by atoms with Gasteiger partial charge in [0.1, 0.15) is 0 Å². The molecule has 0 aromatic heterocycles. The lowest BCUT2D eigenvalue weighted by Gasteiger charge is -2.33. The van der Waals surface area contributed by atoms with E-state index in [0.29, 0.717) is 6.54 Å². The van der Waals surface area contributed by atoms with Gasteiger partial charge in [-0.25, -0.2) is 0 Å². The van der Waals surface area contributed by atoms with Crippen molar-refractivity contribution in [1.29, 1.82) is 0 Å². The van der Waals surface area contributed by atoms with Gasteiger partial charge in [0.05, 0.1) is 6.54 Å². The number of amides is 2. The first-order chi connectivity index (χ1) is 9.86. The molecule has 3 N–H and O–H groups in total. The molecule has 1 unspecified atom stereocenters. The molecule has 5 nitrogen and oxygen atoms in total. The van der Waals surface area contributed by atoms with Crippen LogP contribution in [-0.2, 0) is 9.59 Å². The lowest BCUT2D eigenvalue weighted by atomic mass is 9.75. The molecule has 0 radical (unpaired) electrons. The lowest BCUT2D eigenvalue weighted by Crippen LogP contribution is -2.41. The van der Waals surface area contributed by atoms with E-state index in [4.69, 9.17) is 0 Å². The average molecular weight is 292 g/mol. The largest absolute Gasteiger partial charge is 0.396 e. The van der Waals surface area contributed by atoms with Gasteiger partial charge in [-0.2, -0.15) is 0 Å². The molecule has 0 aliphatic carbocycles. The molecule has 2 amide bonds. The smallest absolute Gasteiger partial charge is 0.239 e. The van der Waals surface area contributed by atoms with Crippen LogP contribution >= 0.6 is 0 Å². The third-order valence-corrected chi connectivity index (χ3v) is 3.55. The minimum absolute atomic E-state index is 0.00928. The highest BCUT2D eigenvalue weighted by Crippen LogP contribution is 2.34. The van der Waals surface area contributed by atoms with Crippen molar-refractivity contribution in [3.05, 3.63) is 35.9 Å². The van der Waals surface area contributed by atoms with Gasteiger partial charge < -0.3 is 15.7 Å². The molecule has 5 heteroatoms. The first-order valence-electron chi connectivity index (χ1n) is 7.03. The number of aliphatic hydroxyl groups is 1. The predicted molar refractivity (Wildman–Crippen MR) is 81.7 cm³/mol. The number of hydrogen-bond acceptors (Lipinski definition) is 3. The Morgan fingerprint density at radius 1 is 1.19 bits per heavy atom. The van der Waals surface area contributed by atoms with Crippen LogP contribution in [0.1, 0.15) is 32.3 Å². The van der Waals surface area contributed by atoms with Crippen molar-refractivity contribution in [2.24, 2.45) is 5.41 Å². The van der Waals surface area contributed by atoms with E-state index in [1.54, 1.807) is 0 Å². The molecule has 1 atom stereocenters. The fourth-order valence-electron chi connectivity index (χ4n) is 2.12. The van der Waals surface area contributed by atoms with Crippen LogP contribution in [0.25, 0.3) is 0 Å². The summed E-state index contributed by atoms with van der Waals surface area (Å²) in [6, 6.07) is 9.79. The zero-order valence-corrected chi connectivity index (χ0v) is 12.8. The van der Waals surface area contributed by atoms with Crippen molar-refractivity contribution in [3.8, 4) is 0 Å². The van der Waals surface area contributed by atoms with Crippen LogP contribution in [0.3, 0.4) is 0 Å². The van der Waals surface area contributed by atoms with Crippen LogP contribution < -0.4 is 10.6 Å². The van der Waals surface area contributed by atoms with Gasteiger partial charge >= 0.3 is 0 Å². The summed E-state index contributed by atoms with van der Waals surface area (Å²) in [4.78, 5) is 22.5. The predicted octanol–water partition coefficient (Wildman–Crippen LogP) is 1.04. The van der Waals surface area contributed by atoms with Gasteiger partial charge in [-0.15, -0.1) is 0 Å². The first kappa shape index (κ1) is 17.2. The maximum Gasteiger partial charge on any atom is 0.239 e. The van der Waals surface area contributed by atoms with E-state index < -0.39 is 0 Å². The summed E-state index contributed by atoms with van der Waals surface area (Å²) < 4.78 is 0. The van der Waals surface area contributed by atoms with E-state index in [-0.39, 0.29) is 36.3 Å². The summed E-state index contributed by atoms with van der Waals surface area (Å²) in [5.41, 5.74) is 0.708. The standard InChI is InChI=1S/C16H24N2O3/c1-12(20)17-10-15(21)18-9-14(16(2,3)11-19)13-7-5-4-6-8-13/h4-8,14,19H,9-11H2,1-3H3,(H,17,20)(H,18,21). The van der Waals surface area contributed by atoms with Gasteiger partial charge in [0, 0.05) is 26.0 Å². The second-order valence-corrected chi connectivity index (χ2v) is 5.82. The van der Waals surface area contributed by atoms with E-state index >= 15 is 0 Å². The zero-order chi connectivity index (χ0) is 15.9. The summed E-state index contributed by atoms with van der Waals surface area (Å²) in [7, 11) is 0. The van der Waals surface area contributed by atoms with Gasteiger partial charge in [0.15, 0.2) is 0 Å². The molecule has 1 aromatic carbocycles. The monoisotopic (exact) mass is 292 g/mol. The molecule has 0 fully saturated rings. The molecule has 0 spiro atoms. The maximum absolute atomic E-state index is 11.7. The van der Waals surface area contributed by atoms with Gasteiger partial charge in [-0.3, -0.25) is 9.59 Å². The molecule has 0 aliphatic rings. The molecule has 1 rings (SSSR count). The Morgan fingerprint density at radius 3 is 2.33 bits per heavy atom. The van der Waals surface area contributed by atoms with Crippen LogP contribution in [0.4, 0.5) is 0 Å². The highest BCUT2D eigenvalue weighted by Gasteiger charge is 2.30. The van der Waals surface area contributed by atoms with Gasteiger partial charge in [0.2, 0.25) is 11.8 Å². The second-order valence-electron chi connectivity index (χ2n) is 5.82. The van der Waals surface area contributed by atoms with E-state index in [2.05, 4.69) is 10.6 Å². The summed E-state index contributed by atoms with van der Waals surface area (Å²) in [5.74, 6) is -0.481. The summed E-state index contributed by atoms with van der Waals surface area (Å²) in [6.07, 6.45) is 0. The number of carbonyl (C=O) groups is 2. The highest BCUT2D eigenvalue weighted by molar-refractivity contribution is 5.83. The molecule has 1 aromatic rings. The normalized spacial score (nSPS) is 12.6. The quantitative estimate of drug-likeness (QED) is 0.702. The van der Waals surface area contributed by atoms with Crippen molar-refractivity contribution >= 4 is 11.8 Å². The number of aliphatic hydroxyl groups excluding tert-OH is 1. The number of hydrogen-bond donors (Lipinski definition) is 3. The van der Waals surface area contributed by atoms with E-state index in [1.165, 1.54) is 6.92 Å². The van der Waals surface area contributed by atoms with Crippen molar-refractivity contribution in [2.75, 3.05) is 19.7 Å². The van der Waals surface area contributed by atoms with Crippen molar-refractivity contribution < 1.29 is 14.7 Å². The Morgan fingerprint density at radius 2 is 1.81 bits per heavy atom. The lowest BCUT2D eigenvalue weighted by molar-refractivity contribution is -0.125. The Labute approximate surface area is 125 Å². The van der Waals surface area contributed by atoms with Crippen molar-refractivity contribution in [2.45, 2.75) is 26.7 Å². The molecule has 0 bridgehead atoms. The molecule has 0 heterocycles. The molecular weight excluding hydrogens is 268 g/mol. The number of carbonyl (C=O) groups excluding carboxylic acids is 2. The van der Waals surface area contributed by atoms with Gasteiger partial charge in [-0.1, -0.05) is 44.2 Å². The zero-order valence-electron chi connectivity index (χ0n) is 12.8. The molecule has 0 saturated heterocycles. The minimum Gasteiger partial charge on any atom is -0.396 e. The molecule has 0 aliphatic heterocycles. The molecule has 21 heavy (non-hydrogen) atoms. The second kappa shape index (κ2) is 7.78. The number of nitrogens with one attached hydrogen (secondary N) is 2. The van der Waals surface area contributed by atoms with Crippen LogP contribution in [0, 0.1) is 5.41 Å². The summed E-state index contributed by atoms with van der Waals surface area (Å²) >= 11 is 0. The van der Waals surface area contributed by atoms with Gasteiger partial charge in [-0.05, 0) is 11.0 Å². The highest BCUT2D eigenvalue weighted by atomic mass is 16.3. The Hall–Kier alpha value is -1.88. The molecule has 116 valence electrons. The fraction of sp³-hybridized carbons (Fsp3) is 0.500. The Balaban J connectivity index is 2.71. The van der Waals surface area contributed by atoms with Gasteiger partial charge in [0.25, 0.3) is 0 Å². The number of benzene rings is 1. The third-order valence-electron chi connectivity index (χ3n) is 3.55. The first-order valence-corrected chi connectivity index (χ1v) is 7.03. The summed E-state index contributed by atoms with van der Waals surface area (Å²) in [6.45, 7) is 5.70. The Bertz CT molecular complexity index is 472. The molecule has 0 saturated carbocycles. The fourth-order valence-corrected chi connectivity index (χ4v) is 2.12. The van der Waals surface area contributed by atoms with Crippen LogP contribution in [0.15, 0.2) is 30.3 Å². The van der Waals surface area contributed by atoms with Crippen molar-refractivity contribution in [3.63, 3.8) is 0 Å². The average Bonchev–Trinajstić information content (AvgIpc) is 2.46. The topological polar surface area (TPSA) is 78.4 Å². The molecular formula is C16H24N2O3. The SMILES string of the molecule is CC(=O)NCC(=O)NCC(c1ccccc1)C(C)(C)CO. The van der Waals surface area contributed by atoms with Crippen LogP contribution in [-0.4, -0.2) is 36.6 Å².